The normalized spacial score (nSPS) is 19.1. The van der Waals surface area contributed by atoms with E-state index >= 15 is 0 Å². The van der Waals surface area contributed by atoms with Gasteiger partial charge in [0.1, 0.15) is 5.75 Å². The Hall–Kier alpha value is -1.51. The molecule has 22 heavy (non-hydrogen) atoms. The quantitative estimate of drug-likeness (QED) is 0.804. The highest BCUT2D eigenvalue weighted by molar-refractivity contribution is 6.33. The minimum absolute atomic E-state index is 0.524. The summed E-state index contributed by atoms with van der Waals surface area (Å²) in [4.78, 5) is 2.40. The fraction of sp³-hybridized carbons (Fsp3) is 0.368. The van der Waals surface area contributed by atoms with Gasteiger partial charge in [-0.3, -0.25) is 0 Å². The molecule has 0 aliphatic carbocycles. The van der Waals surface area contributed by atoms with Crippen LogP contribution in [-0.4, -0.2) is 32.1 Å². The summed E-state index contributed by atoms with van der Waals surface area (Å²) in [6.45, 7) is 2.27. The molecule has 1 atom stereocenters. The number of piperidine rings is 1. The average Bonchev–Trinajstić information content (AvgIpc) is 2.55. The maximum Gasteiger partial charge on any atom is 0.122 e. The Morgan fingerprint density at radius 3 is 2.73 bits per heavy atom. The lowest BCUT2D eigenvalue weighted by Gasteiger charge is -2.31. The lowest BCUT2D eigenvalue weighted by Crippen LogP contribution is -2.31. The Bertz CT molecular complexity index is 656. The molecular formula is C19H22ClNO. The first-order valence-corrected chi connectivity index (χ1v) is 8.18. The molecular weight excluding hydrogens is 294 g/mol. The molecule has 2 nitrogen and oxygen atoms in total. The van der Waals surface area contributed by atoms with Crippen LogP contribution in [0.2, 0.25) is 5.02 Å². The highest BCUT2D eigenvalue weighted by Crippen LogP contribution is 2.37. The molecule has 3 rings (SSSR count). The summed E-state index contributed by atoms with van der Waals surface area (Å²) < 4.78 is 5.60. The molecule has 1 aliphatic heterocycles. The minimum atomic E-state index is 0.524. The van der Waals surface area contributed by atoms with E-state index < -0.39 is 0 Å². The Kier molecular flexibility index (Phi) is 4.70. The van der Waals surface area contributed by atoms with E-state index in [-0.39, 0.29) is 0 Å². The van der Waals surface area contributed by atoms with Crippen molar-refractivity contribution in [1.82, 2.24) is 4.90 Å². The van der Waals surface area contributed by atoms with Crippen LogP contribution in [0.15, 0.2) is 42.5 Å². The largest absolute Gasteiger partial charge is 0.496 e. The van der Waals surface area contributed by atoms with Gasteiger partial charge < -0.3 is 9.64 Å². The average molecular weight is 316 g/mol. The van der Waals surface area contributed by atoms with Gasteiger partial charge in [0.2, 0.25) is 0 Å². The van der Waals surface area contributed by atoms with Crippen molar-refractivity contribution in [3.8, 4) is 16.9 Å². The molecule has 1 saturated heterocycles. The van der Waals surface area contributed by atoms with Crippen molar-refractivity contribution in [2.75, 3.05) is 27.2 Å². The van der Waals surface area contributed by atoms with Gasteiger partial charge in [0.15, 0.2) is 0 Å². The van der Waals surface area contributed by atoms with E-state index in [0.29, 0.717) is 5.92 Å². The van der Waals surface area contributed by atoms with Crippen LogP contribution in [0.5, 0.6) is 5.75 Å². The molecule has 1 aliphatic rings. The Morgan fingerprint density at radius 2 is 2.00 bits per heavy atom. The minimum Gasteiger partial charge on any atom is -0.496 e. The summed E-state index contributed by atoms with van der Waals surface area (Å²) >= 11 is 6.35. The van der Waals surface area contributed by atoms with Crippen molar-refractivity contribution in [1.29, 1.82) is 0 Å². The smallest absolute Gasteiger partial charge is 0.122 e. The molecule has 116 valence electrons. The second kappa shape index (κ2) is 6.72. The van der Waals surface area contributed by atoms with Crippen molar-refractivity contribution in [2.45, 2.75) is 18.8 Å². The second-order valence-electron chi connectivity index (χ2n) is 6.04. The highest BCUT2D eigenvalue weighted by Gasteiger charge is 2.22. The number of rotatable bonds is 3. The lowest BCUT2D eigenvalue weighted by atomic mass is 9.88. The van der Waals surface area contributed by atoms with E-state index in [9.17, 15) is 0 Å². The maximum absolute atomic E-state index is 6.35. The number of halogens is 1. The zero-order valence-electron chi connectivity index (χ0n) is 13.2. The van der Waals surface area contributed by atoms with E-state index in [2.05, 4.69) is 36.2 Å². The number of methoxy groups -OCH3 is 1. The van der Waals surface area contributed by atoms with E-state index in [1.165, 1.54) is 24.9 Å². The van der Waals surface area contributed by atoms with Crippen LogP contribution in [0.4, 0.5) is 0 Å². The van der Waals surface area contributed by atoms with Crippen LogP contribution in [0, 0.1) is 0 Å². The summed E-state index contributed by atoms with van der Waals surface area (Å²) in [6, 6.07) is 14.4. The highest BCUT2D eigenvalue weighted by atomic mass is 35.5. The Balaban J connectivity index is 2.01. The van der Waals surface area contributed by atoms with Crippen molar-refractivity contribution >= 4 is 11.6 Å². The standard InChI is InChI=1S/C19H22ClNO/c1-21-11-5-6-15(13-21)17-12-14(9-10-19(17)22-2)16-7-3-4-8-18(16)20/h3-4,7-10,12,15H,5-6,11,13H2,1-2H3. The first-order valence-electron chi connectivity index (χ1n) is 7.80. The molecule has 2 aromatic carbocycles. The molecule has 0 spiro atoms. The van der Waals surface area contributed by atoms with Gasteiger partial charge in [-0.1, -0.05) is 35.9 Å². The van der Waals surface area contributed by atoms with Crippen LogP contribution < -0.4 is 4.74 Å². The van der Waals surface area contributed by atoms with Crippen LogP contribution in [0.1, 0.15) is 24.3 Å². The van der Waals surface area contributed by atoms with Gasteiger partial charge in [-0.05, 0) is 55.8 Å². The third kappa shape index (κ3) is 3.13. The number of likely N-dealkylation sites (tertiary alicyclic amines) is 1. The van der Waals surface area contributed by atoms with Crippen LogP contribution in [0.25, 0.3) is 11.1 Å². The molecule has 2 aromatic rings. The third-order valence-electron chi connectivity index (χ3n) is 4.48. The second-order valence-corrected chi connectivity index (χ2v) is 6.45. The molecule has 0 aromatic heterocycles. The molecule has 1 heterocycles. The number of likely N-dealkylation sites (N-methyl/N-ethyl adjacent to an activating group) is 1. The Morgan fingerprint density at radius 1 is 1.18 bits per heavy atom. The summed E-state index contributed by atoms with van der Waals surface area (Å²) in [5, 5.41) is 0.791. The molecule has 0 N–H and O–H groups in total. The van der Waals surface area contributed by atoms with Gasteiger partial charge in [0.05, 0.1) is 7.11 Å². The van der Waals surface area contributed by atoms with Gasteiger partial charge in [0, 0.05) is 23.0 Å². The number of nitrogens with zero attached hydrogens (tertiary/aromatic N) is 1. The number of hydrogen-bond donors (Lipinski definition) is 0. The third-order valence-corrected chi connectivity index (χ3v) is 4.81. The van der Waals surface area contributed by atoms with Crippen molar-refractivity contribution in [3.05, 3.63) is 53.1 Å². The van der Waals surface area contributed by atoms with Crippen molar-refractivity contribution < 1.29 is 4.74 Å². The van der Waals surface area contributed by atoms with Gasteiger partial charge in [-0.2, -0.15) is 0 Å². The summed E-state index contributed by atoms with van der Waals surface area (Å²) in [7, 11) is 3.94. The maximum atomic E-state index is 6.35. The van der Waals surface area contributed by atoms with Crippen molar-refractivity contribution in [3.63, 3.8) is 0 Å². The molecule has 1 fully saturated rings. The van der Waals surface area contributed by atoms with Crippen LogP contribution in [0.3, 0.4) is 0 Å². The van der Waals surface area contributed by atoms with E-state index in [0.717, 1.165) is 28.4 Å². The predicted octanol–water partition coefficient (Wildman–Crippen LogP) is 4.82. The first-order chi connectivity index (χ1) is 10.7. The van der Waals surface area contributed by atoms with Gasteiger partial charge in [-0.15, -0.1) is 0 Å². The zero-order valence-corrected chi connectivity index (χ0v) is 13.9. The van der Waals surface area contributed by atoms with Crippen LogP contribution >= 0.6 is 11.6 Å². The SMILES string of the molecule is COc1ccc(-c2ccccc2Cl)cc1C1CCCN(C)C1. The molecule has 1 unspecified atom stereocenters. The van der Waals surface area contributed by atoms with Gasteiger partial charge in [0.25, 0.3) is 0 Å². The van der Waals surface area contributed by atoms with Gasteiger partial charge >= 0.3 is 0 Å². The van der Waals surface area contributed by atoms with Gasteiger partial charge in [-0.25, -0.2) is 0 Å². The number of hydrogen-bond acceptors (Lipinski definition) is 2. The summed E-state index contributed by atoms with van der Waals surface area (Å²) in [6.07, 6.45) is 2.45. The first kappa shape index (κ1) is 15.4. The number of benzene rings is 2. The summed E-state index contributed by atoms with van der Waals surface area (Å²) in [5.74, 6) is 1.51. The topological polar surface area (TPSA) is 12.5 Å². The molecule has 0 radical (unpaired) electrons. The fourth-order valence-electron chi connectivity index (χ4n) is 3.34. The molecule has 0 saturated carbocycles. The Labute approximate surface area is 137 Å². The zero-order chi connectivity index (χ0) is 15.5. The predicted molar refractivity (Wildman–Crippen MR) is 92.9 cm³/mol. The van der Waals surface area contributed by atoms with E-state index in [1.54, 1.807) is 7.11 Å². The summed E-state index contributed by atoms with van der Waals surface area (Å²) in [5.41, 5.74) is 3.54. The lowest BCUT2D eigenvalue weighted by molar-refractivity contribution is 0.247. The molecule has 3 heteroatoms. The van der Waals surface area contributed by atoms with E-state index in [1.807, 2.05) is 18.2 Å². The molecule has 0 amide bonds. The fourth-order valence-corrected chi connectivity index (χ4v) is 3.58. The molecule has 0 bridgehead atoms. The van der Waals surface area contributed by atoms with Crippen molar-refractivity contribution in [2.24, 2.45) is 0 Å². The number of ether oxygens (including phenoxy) is 1. The van der Waals surface area contributed by atoms with E-state index in [4.69, 9.17) is 16.3 Å². The monoisotopic (exact) mass is 315 g/mol. The van der Waals surface area contributed by atoms with Crippen LogP contribution in [-0.2, 0) is 0 Å².